The monoisotopic (exact) mass is 522 g/mol. The van der Waals surface area contributed by atoms with Gasteiger partial charge in [0, 0.05) is 42.3 Å². The molecule has 5 heterocycles. The molecule has 0 radical (unpaired) electrons. The van der Waals surface area contributed by atoms with Crippen LogP contribution in [-0.2, 0) is 6.54 Å². The number of nitrogens with one attached hydrogen (secondary N) is 1. The zero-order chi connectivity index (χ0) is 27.4. The molecule has 1 aromatic carbocycles. The van der Waals surface area contributed by atoms with Crippen LogP contribution in [0.3, 0.4) is 0 Å². The van der Waals surface area contributed by atoms with Crippen molar-refractivity contribution < 1.29 is 0 Å². The highest BCUT2D eigenvalue weighted by atomic mass is 16.1. The largest absolute Gasteiger partial charge is 0.383 e. The van der Waals surface area contributed by atoms with Crippen LogP contribution in [0.2, 0.25) is 0 Å². The maximum Gasteiger partial charge on any atom is 0.247 e. The third-order valence-corrected chi connectivity index (χ3v) is 6.90. The van der Waals surface area contributed by atoms with Gasteiger partial charge >= 0.3 is 0 Å². The number of rotatable bonds is 5. The number of pyridine rings is 3. The van der Waals surface area contributed by atoms with Gasteiger partial charge < -0.3 is 16.5 Å². The summed E-state index contributed by atoms with van der Waals surface area (Å²) in [5.41, 5.74) is 18.1. The lowest BCUT2D eigenvalue weighted by molar-refractivity contribution is 0.205. The van der Waals surface area contributed by atoms with E-state index in [1.165, 1.54) is 11.6 Å². The van der Waals surface area contributed by atoms with Gasteiger partial charge in [-0.25, -0.2) is 15.0 Å². The summed E-state index contributed by atoms with van der Waals surface area (Å²) in [7, 11) is 0. The fourth-order valence-electron chi connectivity index (χ4n) is 4.84. The molecule has 9 heteroatoms. The van der Waals surface area contributed by atoms with Crippen molar-refractivity contribution in [1.82, 2.24) is 29.4 Å². The number of imidazole rings is 1. The van der Waals surface area contributed by atoms with Crippen LogP contribution < -0.4 is 17.0 Å². The van der Waals surface area contributed by atoms with Gasteiger partial charge in [-0.3, -0.25) is 14.3 Å². The topological polar surface area (TPSA) is 132 Å². The second-order valence-corrected chi connectivity index (χ2v) is 9.47. The summed E-state index contributed by atoms with van der Waals surface area (Å²) >= 11 is 0. The average molecular weight is 523 g/mol. The van der Waals surface area contributed by atoms with E-state index in [4.69, 9.17) is 21.4 Å². The van der Waals surface area contributed by atoms with Gasteiger partial charge in [-0.15, -0.1) is 0 Å². The van der Waals surface area contributed by atoms with Gasteiger partial charge in [0.05, 0.1) is 11.3 Å². The minimum atomic E-state index is -0.156. The zero-order valence-corrected chi connectivity index (χ0v) is 22.3. The zero-order valence-electron chi connectivity index (χ0n) is 22.3. The molecule has 5 aromatic rings. The highest BCUT2D eigenvalue weighted by molar-refractivity contribution is 5.84. The number of fused-ring (bicyclic) bond motifs is 1. The highest BCUT2D eigenvalue weighted by Crippen LogP contribution is 2.31. The first-order valence-electron chi connectivity index (χ1n) is 13.4. The Morgan fingerprint density at radius 2 is 1.74 bits per heavy atom. The molecule has 0 unspecified atom stereocenters. The third kappa shape index (κ3) is 5.59. The highest BCUT2D eigenvalue weighted by Gasteiger charge is 2.20. The molecule has 1 aliphatic heterocycles. The van der Waals surface area contributed by atoms with Gasteiger partial charge in [-0.1, -0.05) is 26.0 Å². The van der Waals surface area contributed by atoms with Gasteiger partial charge in [0.1, 0.15) is 11.3 Å². The molecule has 4 aromatic heterocycles. The fourth-order valence-corrected chi connectivity index (χ4v) is 4.84. The van der Waals surface area contributed by atoms with E-state index in [1.807, 2.05) is 42.7 Å². The van der Waals surface area contributed by atoms with Crippen molar-refractivity contribution >= 4 is 17.0 Å². The molecule has 9 nitrogen and oxygen atoms in total. The Balaban J connectivity index is 0.00000151. The van der Waals surface area contributed by atoms with Crippen molar-refractivity contribution in [2.75, 3.05) is 18.8 Å². The summed E-state index contributed by atoms with van der Waals surface area (Å²) in [6.07, 6.45) is 5.41. The first kappa shape index (κ1) is 26.3. The Kier molecular flexibility index (Phi) is 7.81. The third-order valence-electron chi connectivity index (χ3n) is 6.90. The van der Waals surface area contributed by atoms with Crippen LogP contribution in [0, 0.1) is 0 Å². The van der Waals surface area contributed by atoms with E-state index in [0.717, 1.165) is 60.5 Å². The van der Waals surface area contributed by atoms with Crippen molar-refractivity contribution in [2.45, 2.75) is 39.3 Å². The van der Waals surface area contributed by atoms with Crippen molar-refractivity contribution in [3.63, 3.8) is 0 Å². The van der Waals surface area contributed by atoms with E-state index >= 15 is 0 Å². The van der Waals surface area contributed by atoms with Crippen LogP contribution in [0.4, 0.5) is 5.82 Å². The van der Waals surface area contributed by atoms with Crippen molar-refractivity contribution in [2.24, 2.45) is 5.73 Å². The van der Waals surface area contributed by atoms with Gasteiger partial charge in [-0.2, -0.15) is 0 Å². The van der Waals surface area contributed by atoms with E-state index < -0.39 is 0 Å². The van der Waals surface area contributed by atoms with Crippen LogP contribution in [-0.4, -0.2) is 48.5 Å². The second-order valence-electron chi connectivity index (χ2n) is 9.47. The molecule has 0 spiro atoms. The summed E-state index contributed by atoms with van der Waals surface area (Å²) in [6.45, 7) is 6.95. The number of benzene rings is 1. The lowest BCUT2D eigenvalue weighted by Crippen LogP contribution is -2.39. The summed E-state index contributed by atoms with van der Waals surface area (Å²) in [5, 5.41) is 0. The fraction of sp³-hybridized carbons (Fsp3) is 0.267. The molecule has 5 N–H and O–H groups in total. The number of aromatic amines is 1. The molecular weight excluding hydrogens is 488 g/mol. The lowest BCUT2D eigenvalue weighted by Gasteiger charge is -2.30. The predicted octanol–water partition coefficient (Wildman–Crippen LogP) is 4.37. The van der Waals surface area contributed by atoms with E-state index in [2.05, 4.69) is 39.1 Å². The standard InChI is InChI=1S/C28H28N8O.C2H6/c29-20-11-14-35(15-12-20)17-18-3-6-21(7-4-18)36-27(22-2-1-13-31-26(22)30)34-24-9-8-23(33-28(24)36)19-5-10-25(37)32-16-19;1-2/h1-10,13,16,20H,11-12,14-15,17,29H2,(H2,30,31)(H,32,37);1-2H3. The van der Waals surface area contributed by atoms with Gasteiger partial charge in [0.2, 0.25) is 5.56 Å². The van der Waals surface area contributed by atoms with Crippen LogP contribution in [0.15, 0.2) is 77.9 Å². The molecule has 1 saturated heterocycles. The molecule has 0 bridgehead atoms. The first-order chi connectivity index (χ1) is 19.0. The minimum absolute atomic E-state index is 0.156. The molecule has 0 saturated carbocycles. The van der Waals surface area contributed by atoms with Crippen LogP contribution in [0.5, 0.6) is 0 Å². The van der Waals surface area contributed by atoms with E-state index in [1.54, 1.807) is 18.5 Å². The number of anilines is 1. The maximum absolute atomic E-state index is 11.5. The average Bonchev–Trinajstić information content (AvgIpc) is 3.35. The van der Waals surface area contributed by atoms with Gasteiger partial charge in [0.25, 0.3) is 0 Å². The molecule has 0 aliphatic carbocycles. The summed E-state index contributed by atoms with van der Waals surface area (Å²) in [6, 6.07) is 19.7. The second kappa shape index (κ2) is 11.6. The number of piperidine rings is 1. The number of nitrogens with two attached hydrogens (primary N) is 2. The van der Waals surface area contributed by atoms with Gasteiger partial charge in [-0.05, 0) is 74.0 Å². The molecule has 0 amide bonds. The molecular formula is C30H34N8O. The number of hydrogen-bond acceptors (Lipinski definition) is 7. The summed E-state index contributed by atoms with van der Waals surface area (Å²) < 4.78 is 2.02. The SMILES string of the molecule is CC.Nc1ncccc1-c1nc2ccc(-c3ccc(=O)[nH]c3)nc2n1-c1ccc(CN2CCC(N)CC2)cc1. The summed E-state index contributed by atoms with van der Waals surface area (Å²) in [4.78, 5) is 30.8. The number of H-pyrrole nitrogens is 1. The van der Waals surface area contributed by atoms with Crippen LogP contribution in [0.1, 0.15) is 32.3 Å². The predicted molar refractivity (Wildman–Crippen MR) is 156 cm³/mol. The Morgan fingerprint density at radius 1 is 0.974 bits per heavy atom. The van der Waals surface area contributed by atoms with Crippen molar-refractivity contribution in [3.8, 4) is 28.3 Å². The number of hydrogen-bond donors (Lipinski definition) is 3. The van der Waals surface area contributed by atoms with Gasteiger partial charge in [0.15, 0.2) is 11.5 Å². The lowest BCUT2D eigenvalue weighted by atomic mass is 10.1. The van der Waals surface area contributed by atoms with Crippen LogP contribution >= 0.6 is 0 Å². The Labute approximate surface area is 227 Å². The number of aromatic nitrogens is 5. The minimum Gasteiger partial charge on any atom is -0.383 e. The van der Waals surface area contributed by atoms with Crippen LogP contribution in [0.25, 0.3) is 39.5 Å². The smallest absolute Gasteiger partial charge is 0.247 e. The first-order valence-corrected chi connectivity index (χ1v) is 13.4. The molecule has 6 rings (SSSR count). The Morgan fingerprint density at radius 3 is 2.44 bits per heavy atom. The van der Waals surface area contributed by atoms with E-state index in [-0.39, 0.29) is 5.56 Å². The maximum atomic E-state index is 11.5. The van der Waals surface area contributed by atoms with E-state index in [0.29, 0.717) is 23.3 Å². The molecule has 39 heavy (non-hydrogen) atoms. The van der Waals surface area contributed by atoms with Crippen molar-refractivity contribution in [3.05, 3.63) is 89.0 Å². The van der Waals surface area contributed by atoms with E-state index in [9.17, 15) is 4.79 Å². The normalized spacial score (nSPS) is 14.2. The molecule has 1 fully saturated rings. The molecule has 200 valence electrons. The number of nitrogen functional groups attached to an aromatic ring is 1. The number of nitrogens with zero attached hydrogens (tertiary/aromatic N) is 5. The Bertz CT molecular complexity index is 1590. The Hall–Kier alpha value is -4.34. The van der Waals surface area contributed by atoms with Crippen molar-refractivity contribution in [1.29, 1.82) is 0 Å². The molecule has 0 atom stereocenters. The summed E-state index contributed by atoms with van der Waals surface area (Å²) in [5.74, 6) is 1.07. The quantitative estimate of drug-likeness (QED) is 0.312. The molecule has 1 aliphatic rings. The number of likely N-dealkylation sites (tertiary alicyclic amines) is 1.